The van der Waals surface area contributed by atoms with Crippen LogP contribution in [-0.2, 0) is 32.0 Å². The Bertz CT molecular complexity index is 1640. The molecule has 2 aromatic rings. The summed E-state index contributed by atoms with van der Waals surface area (Å²) in [4.78, 5) is 40.2. The molecule has 2 aliphatic heterocycles. The molecule has 0 spiro atoms. The van der Waals surface area contributed by atoms with Crippen LogP contribution in [0.4, 0.5) is 0 Å². The molecule has 0 saturated carbocycles. The lowest BCUT2D eigenvalue weighted by Crippen LogP contribution is -2.71. The van der Waals surface area contributed by atoms with Crippen molar-refractivity contribution in [1.82, 2.24) is 10.2 Å². The molecule has 0 bridgehead atoms. The molecular weight excluding hydrogens is 649 g/mol. The Hall–Kier alpha value is -3.96. The van der Waals surface area contributed by atoms with Crippen molar-refractivity contribution in [2.45, 2.75) is 96.6 Å². The minimum atomic E-state index is -1.25. The monoisotopic (exact) mass is 692 g/mol. The number of aryl methyl sites for hydroxylation is 1. The molecule has 3 heterocycles. The molecule has 9 nitrogen and oxygen atoms in total. The zero-order valence-corrected chi connectivity index (χ0v) is 29.4. The Labute approximate surface area is 291 Å². The van der Waals surface area contributed by atoms with Gasteiger partial charge in [-0.1, -0.05) is 49.6 Å². The zero-order chi connectivity index (χ0) is 34.5. The number of thiophene rings is 1. The van der Waals surface area contributed by atoms with Crippen molar-refractivity contribution in [2.75, 3.05) is 6.61 Å². The number of ether oxygens (including phenoxy) is 2. The number of carboxylic acid groups (broad SMARTS) is 1. The molecule has 11 heteroatoms. The number of allylic oxidation sites excluding steroid dienone is 3. The van der Waals surface area contributed by atoms with Crippen LogP contribution in [-0.4, -0.2) is 56.8 Å². The van der Waals surface area contributed by atoms with Crippen LogP contribution in [0.2, 0.25) is 0 Å². The van der Waals surface area contributed by atoms with E-state index in [1.807, 2.05) is 30.5 Å². The molecule has 5 rings (SSSR count). The van der Waals surface area contributed by atoms with Crippen LogP contribution in [0.15, 0.2) is 64.7 Å². The lowest BCUT2D eigenvalue weighted by Gasteiger charge is -2.50. The molecule has 1 aliphatic carbocycles. The molecule has 48 heavy (non-hydrogen) atoms. The van der Waals surface area contributed by atoms with Gasteiger partial charge in [0.1, 0.15) is 29.8 Å². The van der Waals surface area contributed by atoms with E-state index >= 15 is 0 Å². The molecule has 0 unspecified atom stereocenters. The van der Waals surface area contributed by atoms with Crippen molar-refractivity contribution in [3.8, 4) is 11.5 Å². The summed E-state index contributed by atoms with van der Waals surface area (Å²) in [5.74, 6) is -1.50. The van der Waals surface area contributed by atoms with E-state index in [4.69, 9.17) is 21.7 Å². The number of carboxylic acids is 1. The molecule has 1 saturated heterocycles. The standard InChI is InChI=1S/C37H44N2O7S2/c1-5-6-7-9-23-17-29(40)32(27-16-22(4)11-13-26(27)21(2)3)30(18-23)46-37(47)45-20-24-12-14-28-33(35(42)39(28)34(24)36(43)44)38-31(41)19-25-10-8-15-48-25/h8,10,15-18,26-28,33,40H,2,5-7,9,11-14,19-20H2,1,3-4H3,(H,38,41)(H,43,44)/t26-,27+,28+,33-/m0/s1. The summed E-state index contributed by atoms with van der Waals surface area (Å²) < 4.78 is 12.0. The van der Waals surface area contributed by atoms with Gasteiger partial charge in [-0.25, -0.2) is 4.79 Å². The van der Waals surface area contributed by atoms with Crippen molar-refractivity contribution < 1.29 is 34.1 Å². The number of nitrogens with one attached hydrogen (secondary N) is 1. The summed E-state index contributed by atoms with van der Waals surface area (Å²) in [5, 5.41) is 25.9. The number of aliphatic carboxylic acids is 1. The van der Waals surface area contributed by atoms with Crippen LogP contribution < -0.4 is 10.1 Å². The third-order valence-corrected chi connectivity index (χ3v) is 10.6. The molecule has 1 fully saturated rings. The first-order valence-corrected chi connectivity index (χ1v) is 17.9. The van der Waals surface area contributed by atoms with E-state index in [0.29, 0.717) is 29.7 Å². The SMILES string of the molecule is C=C(C)[C@@H]1CCC(C)=C[C@H]1c1c(O)cc(CCCCC)cc1OC(=S)OCC1=C(C(=O)O)N2C(=O)[C@@H](NC(=O)Cc3cccs3)[C@H]2CC1. The Morgan fingerprint density at radius 2 is 2.00 bits per heavy atom. The van der Waals surface area contributed by atoms with Gasteiger partial charge in [-0.3, -0.25) is 14.5 Å². The van der Waals surface area contributed by atoms with Crippen molar-refractivity contribution >= 4 is 46.6 Å². The second kappa shape index (κ2) is 15.5. The highest BCUT2D eigenvalue weighted by Crippen LogP contribution is 2.47. The van der Waals surface area contributed by atoms with Crippen LogP contribution in [0, 0.1) is 5.92 Å². The third kappa shape index (κ3) is 7.84. The van der Waals surface area contributed by atoms with Gasteiger partial charge in [-0.05, 0) is 93.0 Å². The Morgan fingerprint density at radius 3 is 2.69 bits per heavy atom. The fourth-order valence-electron chi connectivity index (χ4n) is 7.06. The summed E-state index contributed by atoms with van der Waals surface area (Å²) in [6, 6.07) is 6.21. The molecular formula is C37H44N2O7S2. The van der Waals surface area contributed by atoms with Crippen molar-refractivity contribution in [3.05, 3.63) is 80.7 Å². The predicted octanol–water partition coefficient (Wildman–Crippen LogP) is 6.95. The maximum Gasteiger partial charge on any atom is 0.358 e. The molecule has 3 aliphatic rings. The highest BCUT2D eigenvalue weighted by atomic mass is 32.1. The van der Waals surface area contributed by atoms with E-state index in [2.05, 4.69) is 31.8 Å². The number of hydrogen-bond donors (Lipinski definition) is 3. The summed E-state index contributed by atoms with van der Waals surface area (Å²) >= 11 is 6.97. The number of unbranched alkanes of at least 4 members (excludes halogenated alkanes) is 2. The Balaban J connectivity index is 1.32. The van der Waals surface area contributed by atoms with Crippen LogP contribution in [0.1, 0.15) is 87.6 Å². The number of β-lactam (4-membered cyclic amide) rings is 1. The van der Waals surface area contributed by atoms with Gasteiger partial charge in [0, 0.05) is 28.6 Å². The lowest BCUT2D eigenvalue weighted by atomic mass is 9.73. The van der Waals surface area contributed by atoms with Gasteiger partial charge in [0.15, 0.2) is 0 Å². The van der Waals surface area contributed by atoms with E-state index in [9.17, 15) is 24.6 Å². The highest BCUT2D eigenvalue weighted by molar-refractivity contribution is 7.79. The number of carbonyl (C=O) groups is 3. The van der Waals surface area contributed by atoms with Crippen LogP contribution in [0.3, 0.4) is 0 Å². The average Bonchev–Trinajstić information content (AvgIpc) is 3.55. The predicted molar refractivity (Wildman–Crippen MR) is 189 cm³/mol. The normalized spacial score (nSPS) is 21.9. The molecule has 3 N–H and O–H groups in total. The van der Waals surface area contributed by atoms with Crippen LogP contribution in [0.25, 0.3) is 0 Å². The number of hydrogen-bond acceptors (Lipinski definition) is 8. The number of amides is 2. The van der Waals surface area contributed by atoms with Crippen LogP contribution in [0.5, 0.6) is 11.5 Å². The number of phenols is 1. The smallest absolute Gasteiger partial charge is 0.358 e. The molecule has 1 aromatic carbocycles. The second-order valence-corrected chi connectivity index (χ2v) is 14.4. The van der Waals surface area contributed by atoms with Gasteiger partial charge in [-0.15, -0.1) is 11.3 Å². The molecule has 4 atom stereocenters. The number of fused-ring (bicyclic) bond motifs is 1. The second-order valence-electron chi connectivity index (χ2n) is 13.0. The fraction of sp³-hybridized carbons (Fsp3) is 0.459. The Kier molecular flexibility index (Phi) is 11.4. The summed E-state index contributed by atoms with van der Waals surface area (Å²) in [5.41, 5.74) is 4.05. The average molecular weight is 693 g/mol. The van der Waals surface area contributed by atoms with Crippen molar-refractivity contribution in [2.24, 2.45) is 5.92 Å². The zero-order valence-electron chi connectivity index (χ0n) is 27.8. The summed E-state index contributed by atoms with van der Waals surface area (Å²) in [6.07, 6.45) is 8.86. The number of aromatic hydroxyl groups is 1. The van der Waals surface area contributed by atoms with E-state index in [-0.39, 0.29) is 47.5 Å². The number of thiocarbonyl (C=S) groups is 1. The minimum Gasteiger partial charge on any atom is -0.507 e. The van der Waals surface area contributed by atoms with Gasteiger partial charge >= 0.3 is 11.2 Å². The third-order valence-electron chi connectivity index (χ3n) is 9.49. The first-order chi connectivity index (χ1) is 23.0. The Morgan fingerprint density at radius 1 is 1.21 bits per heavy atom. The summed E-state index contributed by atoms with van der Waals surface area (Å²) in [7, 11) is 0. The number of benzene rings is 1. The minimum absolute atomic E-state index is 0.110. The topological polar surface area (TPSA) is 125 Å². The maximum absolute atomic E-state index is 13.1. The van der Waals surface area contributed by atoms with E-state index in [1.165, 1.54) is 21.8 Å². The van der Waals surface area contributed by atoms with Gasteiger partial charge in [0.25, 0.3) is 5.91 Å². The van der Waals surface area contributed by atoms with Crippen molar-refractivity contribution in [3.63, 3.8) is 0 Å². The van der Waals surface area contributed by atoms with Gasteiger partial charge in [0.05, 0.1) is 12.5 Å². The first-order valence-electron chi connectivity index (χ1n) is 16.6. The molecule has 256 valence electrons. The van der Waals surface area contributed by atoms with Crippen molar-refractivity contribution in [1.29, 1.82) is 0 Å². The van der Waals surface area contributed by atoms with E-state index in [1.54, 1.807) is 6.07 Å². The fourth-order valence-corrected chi connectivity index (χ4v) is 7.91. The quantitative estimate of drug-likeness (QED) is 0.0892. The molecule has 0 radical (unpaired) electrons. The van der Waals surface area contributed by atoms with Crippen LogP contribution >= 0.6 is 23.6 Å². The summed E-state index contributed by atoms with van der Waals surface area (Å²) in [6.45, 7) is 10.3. The maximum atomic E-state index is 13.1. The number of carbonyl (C=O) groups excluding carboxylic acids is 2. The van der Waals surface area contributed by atoms with Gasteiger partial charge in [0.2, 0.25) is 5.91 Å². The number of phenolic OH excluding ortho intramolecular Hbond substituents is 1. The molecule has 1 aromatic heterocycles. The largest absolute Gasteiger partial charge is 0.507 e. The van der Waals surface area contributed by atoms with Gasteiger partial charge in [-0.2, -0.15) is 0 Å². The van der Waals surface area contributed by atoms with E-state index in [0.717, 1.165) is 54.5 Å². The first kappa shape index (κ1) is 35.3. The lowest BCUT2D eigenvalue weighted by molar-refractivity contribution is -0.156. The highest BCUT2D eigenvalue weighted by Gasteiger charge is 2.53. The number of nitrogens with zero attached hydrogens (tertiary/aromatic N) is 1. The number of rotatable bonds is 13. The van der Waals surface area contributed by atoms with E-state index < -0.39 is 24.0 Å². The molecule has 2 amide bonds. The van der Waals surface area contributed by atoms with Gasteiger partial charge < -0.3 is 25.0 Å².